The number of carbonyl (C=O) groups excluding carboxylic acids is 1. The van der Waals surface area contributed by atoms with Crippen LogP contribution in [0.5, 0.6) is 5.75 Å². The first kappa shape index (κ1) is 24.7. The third-order valence-electron chi connectivity index (χ3n) is 5.89. The molecule has 0 radical (unpaired) electrons. The SMILES string of the molecule is CCCCOC(=O)C(CCC)c1ccc(O[Si](C(C)C)(C(C)C)C(C)C)cc1. The van der Waals surface area contributed by atoms with Gasteiger partial charge in [-0.3, -0.25) is 4.79 Å². The smallest absolute Gasteiger partial charge is 0.313 e. The molecule has 0 spiro atoms. The van der Waals surface area contributed by atoms with Gasteiger partial charge in [0.1, 0.15) is 5.75 Å². The molecule has 0 N–H and O–H groups in total. The molecule has 28 heavy (non-hydrogen) atoms. The van der Waals surface area contributed by atoms with E-state index in [9.17, 15) is 4.79 Å². The number of unbranched alkanes of at least 4 members (excludes halogenated alkanes) is 1. The molecule has 1 unspecified atom stereocenters. The Balaban J connectivity index is 3.02. The Hall–Kier alpha value is -1.29. The van der Waals surface area contributed by atoms with Crippen molar-refractivity contribution in [1.82, 2.24) is 0 Å². The maximum atomic E-state index is 12.5. The van der Waals surface area contributed by atoms with E-state index in [1.807, 2.05) is 12.1 Å². The molecular formula is C24H42O3Si. The Labute approximate surface area is 174 Å². The summed E-state index contributed by atoms with van der Waals surface area (Å²) in [5.41, 5.74) is 2.64. The zero-order chi connectivity index (χ0) is 21.3. The molecule has 0 fully saturated rings. The minimum Gasteiger partial charge on any atom is -0.543 e. The van der Waals surface area contributed by atoms with E-state index in [2.05, 4.69) is 67.5 Å². The average Bonchev–Trinajstić information content (AvgIpc) is 2.64. The topological polar surface area (TPSA) is 35.5 Å². The maximum absolute atomic E-state index is 12.5. The summed E-state index contributed by atoms with van der Waals surface area (Å²) >= 11 is 0. The van der Waals surface area contributed by atoms with Crippen LogP contribution < -0.4 is 4.43 Å². The summed E-state index contributed by atoms with van der Waals surface area (Å²) in [6, 6.07) is 8.20. The highest BCUT2D eigenvalue weighted by atomic mass is 28.4. The maximum Gasteiger partial charge on any atom is 0.313 e. The molecule has 1 aromatic rings. The van der Waals surface area contributed by atoms with E-state index in [0.29, 0.717) is 23.2 Å². The Kier molecular flexibility index (Phi) is 10.3. The summed E-state index contributed by atoms with van der Waals surface area (Å²) in [6.07, 6.45) is 3.72. The van der Waals surface area contributed by atoms with Crippen LogP contribution in [0.3, 0.4) is 0 Å². The lowest BCUT2D eigenvalue weighted by Crippen LogP contribution is -2.50. The molecule has 3 nitrogen and oxygen atoms in total. The first-order chi connectivity index (χ1) is 13.2. The highest BCUT2D eigenvalue weighted by Crippen LogP contribution is 2.42. The minimum absolute atomic E-state index is 0.0979. The average molecular weight is 407 g/mol. The van der Waals surface area contributed by atoms with Gasteiger partial charge in [0.2, 0.25) is 0 Å². The van der Waals surface area contributed by atoms with E-state index >= 15 is 0 Å². The number of rotatable bonds is 12. The Bertz CT molecular complexity index is 556. The van der Waals surface area contributed by atoms with Crippen molar-refractivity contribution < 1.29 is 14.0 Å². The largest absolute Gasteiger partial charge is 0.543 e. The second kappa shape index (κ2) is 11.6. The fraction of sp³-hybridized carbons (Fsp3) is 0.708. The van der Waals surface area contributed by atoms with Crippen LogP contribution in [0.1, 0.15) is 92.6 Å². The number of hydrogen-bond donors (Lipinski definition) is 0. The molecular weight excluding hydrogens is 364 g/mol. The van der Waals surface area contributed by atoms with Crippen LogP contribution in [-0.4, -0.2) is 20.9 Å². The van der Waals surface area contributed by atoms with Crippen LogP contribution in [0.15, 0.2) is 24.3 Å². The van der Waals surface area contributed by atoms with Crippen molar-refractivity contribution in [3.05, 3.63) is 29.8 Å². The molecule has 0 saturated carbocycles. The first-order valence-corrected chi connectivity index (χ1v) is 13.3. The second-order valence-corrected chi connectivity index (χ2v) is 14.2. The van der Waals surface area contributed by atoms with Gasteiger partial charge in [-0.1, -0.05) is 80.4 Å². The predicted octanol–water partition coefficient (Wildman–Crippen LogP) is 7.47. The van der Waals surface area contributed by atoms with Crippen molar-refractivity contribution in [3.8, 4) is 5.75 Å². The van der Waals surface area contributed by atoms with Gasteiger partial charge in [-0.15, -0.1) is 0 Å². The molecule has 0 heterocycles. The predicted molar refractivity (Wildman–Crippen MR) is 122 cm³/mol. The number of esters is 1. The van der Waals surface area contributed by atoms with Gasteiger partial charge in [0.25, 0.3) is 8.32 Å². The number of hydrogen-bond acceptors (Lipinski definition) is 3. The molecule has 0 aliphatic heterocycles. The minimum atomic E-state index is -1.96. The first-order valence-electron chi connectivity index (χ1n) is 11.2. The molecule has 1 rings (SSSR count). The Morgan fingerprint density at radius 1 is 0.893 bits per heavy atom. The van der Waals surface area contributed by atoms with Crippen molar-refractivity contribution in [3.63, 3.8) is 0 Å². The van der Waals surface area contributed by atoms with Gasteiger partial charge in [0.05, 0.1) is 12.5 Å². The Morgan fingerprint density at radius 2 is 1.43 bits per heavy atom. The lowest BCUT2D eigenvalue weighted by molar-refractivity contribution is -0.145. The molecule has 1 atom stereocenters. The molecule has 1 aromatic carbocycles. The molecule has 4 heteroatoms. The summed E-state index contributed by atoms with van der Waals surface area (Å²) in [7, 11) is -1.96. The van der Waals surface area contributed by atoms with Crippen molar-refractivity contribution in [1.29, 1.82) is 0 Å². The summed E-state index contributed by atoms with van der Waals surface area (Å²) in [5, 5.41) is 0. The van der Waals surface area contributed by atoms with Crippen molar-refractivity contribution >= 4 is 14.3 Å². The lowest BCUT2D eigenvalue weighted by Gasteiger charge is -2.42. The van der Waals surface area contributed by atoms with Gasteiger partial charge >= 0.3 is 5.97 Å². The Morgan fingerprint density at radius 3 is 1.86 bits per heavy atom. The standard InChI is InChI=1S/C24H42O3Si/c1-9-11-17-26-24(25)23(12-10-2)21-13-15-22(16-14-21)27-28(18(3)4,19(5)6)20(7)8/h13-16,18-20,23H,9-12,17H2,1-8H3. The summed E-state index contributed by atoms with van der Waals surface area (Å²) in [6.45, 7) is 18.5. The number of benzene rings is 1. The normalized spacial score (nSPS) is 13.2. The molecule has 0 amide bonds. The summed E-state index contributed by atoms with van der Waals surface area (Å²) in [5.74, 6) is 0.651. The third-order valence-corrected chi connectivity index (χ3v) is 11.9. The van der Waals surface area contributed by atoms with E-state index in [1.54, 1.807) is 0 Å². The zero-order valence-electron chi connectivity index (χ0n) is 19.4. The van der Waals surface area contributed by atoms with Crippen LogP contribution in [0.25, 0.3) is 0 Å². The molecule has 160 valence electrons. The monoisotopic (exact) mass is 406 g/mol. The van der Waals surface area contributed by atoms with E-state index in [1.165, 1.54) is 0 Å². The number of carbonyl (C=O) groups is 1. The lowest BCUT2D eigenvalue weighted by atomic mass is 9.94. The van der Waals surface area contributed by atoms with Gasteiger partial charge in [-0.2, -0.15) is 0 Å². The van der Waals surface area contributed by atoms with Crippen LogP contribution in [0, 0.1) is 0 Å². The van der Waals surface area contributed by atoms with E-state index in [0.717, 1.165) is 37.0 Å². The molecule has 0 bridgehead atoms. The summed E-state index contributed by atoms with van der Waals surface area (Å²) < 4.78 is 12.2. The quantitative estimate of drug-likeness (QED) is 0.205. The van der Waals surface area contributed by atoms with Crippen LogP contribution in [0.2, 0.25) is 16.6 Å². The number of ether oxygens (including phenoxy) is 1. The molecule has 0 aliphatic carbocycles. The van der Waals surface area contributed by atoms with Crippen LogP contribution in [0.4, 0.5) is 0 Å². The second-order valence-electron chi connectivity index (χ2n) is 8.85. The van der Waals surface area contributed by atoms with Crippen molar-refractivity contribution in [2.75, 3.05) is 6.61 Å². The van der Waals surface area contributed by atoms with Gasteiger partial charge in [-0.25, -0.2) is 0 Å². The fourth-order valence-corrected chi connectivity index (χ4v) is 9.70. The third kappa shape index (κ3) is 6.10. The molecule has 0 aliphatic rings. The van der Waals surface area contributed by atoms with Gasteiger partial charge in [0.15, 0.2) is 0 Å². The van der Waals surface area contributed by atoms with Crippen molar-refractivity contribution in [2.45, 2.75) is 104 Å². The molecule has 0 saturated heterocycles. The van der Waals surface area contributed by atoms with E-state index < -0.39 is 8.32 Å². The summed E-state index contributed by atoms with van der Waals surface area (Å²) in [4.78, 5) is 12.5. The highest BCUT2D eigenvalue weighted by molar-refractivity contribution is 6.78. The van der Waals surface area contributed by atoms with Crippen LogP contribution in [-0.2, 0) is 9.53 Å². The highest BCUT2D eigenvalue weighted by Gasteiger charge is 2.46. The molecule has 0 aromatic heterocycles. The van der Waals surface area contributed by atoms with Gasteiger partial charge in [0, 0.05) is 0 Å². The van der Waals surface area contributed by atoms with Gasteiger partial charge < -0.3 is 9.16 Å². The fourth-order valence-electron chi connectivity index (χ4n) is 4.45. The van der Waals surface area contributed by atoms with Crippen molar-refractivity contribution in [2.24, 2.45) is 0 Å². The van der Waals surface area contributed by atoms with E-state index in [-0.39, 0.29) is 11.9 Å². The van der Waals surface area contributed by atoms with Gasteiger partial charge in [-0.05, 0) is 47.2 Å². The van der Waals surface area contributed by atoms with Crippen LogP contribution >= 0.6 is 0 Å². The van der Waals surface area contributed by atoms with E-state index in [4.69, 9.17) is 9.16 Å². The zero-order valence-corrected chi connectivity index (χ0v) is 20.4.